The van der Waals surface area contributed by atoms with E-state index in [9.17, 15) is 4.79 Å². The molecule has 0 aromatic rings. The lowest BCUT2D eigenvalue weighted by atomic mass is 10.2. The number of hydrogen-bond donors (Lipinski definition) is 0. The van der Waals surface area contributed by atoms with Gasteiger partial charge in [0, 0.05) is 19.6 Å². The summed E-state index contributed by atoms with van der Waals surface area (Å²) >= 11 is 0. The van der Waals surface area contributed by atoms with E-state index in [0.29, 0.717) is 0 Å². The molecule has 0 N–H and O–H groups in total. The van der Waals surface area contributed by atoms with Crippen LogP contribution in [0.2, 0.25) is 0 Å². The normalized spacial score (nSPS) is 15.9. The lowest BCUT2D eigenvalue weighted by Gasteiger charge is -1.91. The van der Waals surface area contributed by atoms with Crippen LogP contribution in [0.3, 0.4) is 0 Å². The standard InChI is InChI=1S/C9H11NO/c1-8(11)10-7-6-9-4-2-3-5-9/h2-4,7H,5-6H2,1H3. The molecular formula is C9H11NO. The molecule has 0 heterocycles. The minimum atomic E-state index is -0.128. The molecule has 0 aliphatic heterocycles. The van der Waals surface area contributed by atoms with Crippen molar-refractivity contribution in [2.75, 3.05) is 0 Å². The monoisotopic (exact) mass is 149 g/mol. The summed E-state index contributed by atoms with van der Waals surface area (Å²) in [5, 5.41) is 0. The molecule has 2 heteroatoms. The molecule has 0 bridgehead atoms. The minimum absolute atomic E-state index is 0.128. The Morgan fingerprint density at radius 2 is 2.64 bits per heavy atom. The summed E-state index contributed by atoms with van der Waals surface area (Å²) in [6.45, 7) is 1.46. The molecule has 1 aliphatic rings. The Labute approximate surface area is 66.3 Å². The molecule has 1 rings (SSSR count). The van der Waals surface area contributed by atoms with Crippen LogP contribution in [0.1, 0.15) is 19.8 Å². The van der Waals surface area contributed by atoms with Crippen molar-refractivity contribution in [1.29, 1.82) is 0 Å². The Balaban J connectivity index is 2.28. The van der Waals surface area contributed by atoms with Gasteiger partial charge >= 0.3 is 0 Å². The summed E-state index contributed by atoms with van der Waals surface area (Å²) < 4.78 is 0. The average molecular weight is 149 g/mol. The van der Waals surface area contributed by atoms with Crippen molar-refractivity contribution in [1.82, 2.24) is 0 Å². The smallest absolute Gasteiger partial charge is 0.242 e. The van der Waals surface area contributed by atoms with Gasteiger partial charge in [-0.15, -0.1) is 0 Å². The van der Waals surface area contributed by atoms with E-state index < -0.39 is 0 Å². The molecule has 58 valence electrons. The lowest BCUT2D eigenvalue weighted by molar-refractivity contribution is -0.115. The Morgan fingerprint density at radius 1 is 1.82 bits per heavy atom. The summed E-state index contributed by atoms with van der Waals surface area (Å²) in [6, 6.07) is 0. The Hall–Kier alpha value is -1.18. The van der Waals surface area contributed by atoms with Crippen LogP contribution in [-0.2, 0) is 4.79 Å². The molecule has 0 spiro atoms. The SMILES string of the molecule is CC(=O)N=CCC1=CC=CC1. The van der Waals surface area contributed by atoms with E-state index in [1.807, 2.05) is 6.08 Å². The van der Waals surface area contributed by atoms with Crippen molar-refractivity contribution >= 4 is 12.1 Å². The van der Waals surface area contributed by atoms with E-state index in [0.717, 1.165) is 12.8 Å². The van der Waals surface area contributed by atoms with E-state index >= 15 is 0 Å². The first-order valence-electron chi connectivity index (χ1n) is 3.66. The van der Waals surface area contributed by atoms with Crippen LogP contribution in [0.5, 0.6) is 0 Å². The second-order valence-corrected chi connectivity index (χ2v) is 2.49. The third kappa shape index (κ3) is 2.94. The van der Waals surface area contributed by atoms with E-state index in [4.69, 9.17) is 0 Å². The number of carbonyl (C=O) groups excluding carboxylic acids is 1. The first kappa shape index (κ1) is 7.92. The maximum atomic E-state index is 10.4. The van der Waals surface area contributed by atoms with Gasteiger partial charge in [-0.3, -0.25) is 4.79 Å². The predicted octanol–water partition coefficient (Wildman–Crippen LogP) is 1.88. The van der Waals surface area contributed by atoms with E-state index in [1.54, 1.807) is 6.21 Å². The number of rotatable bonds is 2. The lowest BCUT2D eigenvalue weighted by Crippen LogP contribution is -1.86. The van der Waals surface area contributed by atoms with Crippen molar-refractivity contribution in [3.05, 3.63) is 23.8 Å². The van der Waals surface area contributed by atoms with Crippen LogP contribution >= 0.6 is 0 Å². The molecule has 1 amide bonds. The van der Waals surface area contributed by atoms with Crippen molar-refractivity contribution in [3.63, 3.8) is 0 Å². The van der Waals surface area contributed by atoms with Crippen LogP contribution in [0.4, 0.5) is 0 Å². The third-order valence-electron chi connectivity index (χ3n) is 1.47. The maximum absolute atomic E-state index is 10.4. The van der Waals surface area contributed by atoms with Gasteiger partial charge < -0.3 is 0 Å². The first-order chi connectivity index (χ1) is 5.29. The van der Waals surface area contributed by atoms with Gasteiger partial charge in [0.15, 0.2) is 0 Å². The molecular weight excluding hydrogens is 138 g/mol. The highest BCUT2D eigenvalue weighted by Gasteiger charge is 1.95. The van der Waals surface area contributed by atoms with E-state index in [-0.39, 0.29) is 5.91 Å². The number of amides is 1. The fourth-order valence-corrected chi connectivity index (χ4v) is 0.934. The number of nitrogens with zero attached hydrogens (tertiary/aromatic N) is 1. The molecule has 11 heavy (non-hydrogen) atoms. The van der Waals surface area contributed by atoms with Crippen LogP contribution in [0, 0.1) is 0 Å². The molecule has 0 saturated carbocycles. The minimum Gasteiger partial charge on any atom is -0.273 e. The van der Waals surface area contributed by atoms with Gasteiger partial charge in [0.25, 0.3) is 0 Å². The van der Waals surface area contributed by atoms with Crippen LogP contribution in [-0.4, -0.2) is 12.1 Å². The zero-order valence-corrected chi connectivity index (χ0v) is 6.58. The van der Waals surface area contributed by atoms with Gasteiger partial charge in [0.05, 0.1) is 0 Å². The highest BCUT2D eigenvalue weighted by Crippen LogP contribution is 2.12. The maximum Gasteiger partial charge on any atom is 0.242 e. The zero-order chi connectivity index (χ0) is 8.10. The average Bonchev–Trinajstić information content (AvgIpc) is 2.39. The van der Waals surface area contributed by atoms with Crippen molar-refractivity contribution in [2.45, 2.75) is 19.8 Å². The van der Waals surface area contributed by atoms with Crippen molar-refractivity contribution < 1.29 is 4.79 Å². The van der Waals surface area contributed by atoms with E-state index in [1.165, 1.54) is 12.5 Å². The molecule has 1 aliphatic carbocycles. The summed E-state index contributed by atoms with van der Waals surface area (Å²) in [7, 11) is 0. The third-order valence-corrected chi connectivity index (χ3v) is 1.47. The molecule has 0 radical (unpaired) electrons. The molecule has 2 nitrogen and oxygen atoms in total. The first-order valence-corrected chi connectivity index (χ1v) is 3.66. The highest BCUT2D eigenvalue weighted by molar-refractivity contribution is 5.83. The van der Waals surface area contributed by atoms with Gasteiger partial charge in [0.2, 0.25) is 5.91 Å². The van der Waals surface area contributed by atoms with Gasteiger partial charge in [-0.25, -0.2) is 4.99 Å². The van der Waals surface area contributed by atoms with Gasteiger partial charge in [-0.2, -0.15) is 0 Å². The summed E-state index contributed by atoms with van der Waals surface area (Å²) in [5.41, 5.74) is 1.31. The number of carbonyl (C=O) groups is 1. The molecule has 0 aromatic heterocycles. The number of allylic oxidation sites excluding steroid dienone is 4. The Bertz CT molecular complexity index is 236. The number of aliphatic imine (C=N–C) groups is 1. The van der Waals surface area contributed by atoms with Gasteiger partial charge in [-0.05, 0) is 6.42 Å². The fourth-order valence-electron chi connectivity index (χ4n) is 0.934. The summed E-state index contributed by atoms with van der Waals surface area (Å²) in [4.78, 5) is 14.0. The largest absolute Gasteiger partial charge is 0.273 e. The predicted molar refractivity (Wildman–Crippen MR) is 45.6 cm³/mol. The fraction of sp³-hybridized carbons (Fsp3) is 0.333. The zero-order valence-electron chi connectivity index (χ0n) is 6.58. The van der Waals surface area contributed by atoms with Crippen LogP contribution < -0.4 is 0 Å². The Morgan fingerprint density at radius 3 is 3.18 bits per heavy atom. The molecule has 0 aromatic carbocycles. The second-order valence-electron chi connectivity index (χ2n) is 2.49. The van der Waals surface area contributed by atoms with Crippen LogP contribution in [0.25, 0.3) is 0 Å². The summed E-state index contributed by atoms with van der Waals surface area (Å²) in [5.74, 6) is -0.128. The highest BCUT2D eigenvalue weighted by atomic mass is 16.1. The number of hydrogen-bond acceptors (Lipinski definition) is 1. The van der Waals surface area contributed by atoms with E-state index in [2.05, 4.69) is 17.1 Å². The van der Waals surface area contributed by atoms with Crippen molar-refractivity contribution in [3.8, 4) is 0 Å². The molecule has 0 fully saturated rings. The quantitative estimate of drug-likeness (QED) is 0.551. The van der Waals surface area contributed by atoms with Crippen molar-refractivity contribution in [2.24, 2.45) is 4.99 Å². The Kier molecular flexibility index (Phi) is 2.78. The van der Waals surface area contributed by atoms with Crippen LogP contribution in [0.15, 0.2) is 28.8 Å². The summed E-state index contributed by atoms with van der Waals surface area (Å²) in [6.07, 6.45) is 9.65. The molecule has 0 unspecified atom stereocenters. The molecule has 0 atom stereocenters. The molecule has 0 saturated heterocycles. The topological polar surface area (TPSA) is 29.4 Å². The second kappa shape index (κ2) is 3.86. The van der Waals surface area contributed by atoms with Gasteiger partial charge in [-0.1, -0.05) is 23.8 Å². The van der Waals surface area contributed by atoms with Gasteiger partial charge in [0.1, 0.15) is 0 Å².